The van der Waals surface area contributed by atoms with Crippen LogP contribution in [0, 0.1) is 0 Å². The lowest BCUT2D eigenvalue weighted by Gasteiger charge is -2.33. The Morgan fingerprint density at radius 1 is 0.972 bits per heavy atom. The van der Waals surface area contributed by atoms with Gasteiger partial charge in [-0.3, -0.25) is 14.6 Å². The number of carbonyl (C=O) groups excluding carboxylic acids is 2. The molecule has 3 aromatic rings. The van der Waals surface area contributed by atoms with Crippen LogP contribution in [0.15, 0.2) is 48.5 Å². The summed E-state index contributed by atoms with van der Waals surface area (Å²) in [6.07, 6.45) is 4.30. The third-order valence-corrected chi connectivity index (χ3v) is 6.26. The Balaban J connectivity index is 1.38. The van der Waals surface area contributed by atoms with Gasteiger partial charge < -0.3 is 24.5 Å². The molecule has 0 bridgehead atoms. The van der Waals surface area contributed by atoms with Crippen LogP contribution >= 0.6 is 0 Å². The average molecular weight is 493 g/mol. The maximum Gasteiger partial charge on any atom is 0.356 e. The zero-order valence-corrected chi connectivity index (χ0v) is 20.9. The van der Waals surface area contributed by atoms with Gasteiger partial charge in [-0.05, 0) is 11.6 Å². The van der Waals surface area contributed by atoms with Crippen LogP contribution in [0.3, 0.4) is 0 Å². The number of nitrogens with one attached hydrogen (secondary N) is 2. The van der Waals surface area contributed by atoms with E-state index in [4.69, 9.17) is 14.2 Å². The molecule has 0 unspecified atom stereocenters. The normalized spacial score (nSPS) is 14.8. The Morgan fingerprint density at radius 3 is 2.31 bits per heavy atom. The Labute approximate surface area is 210 Å². The van der Waals surface area contributed by atoms with Crippen molar-refractivity contribution in [3.05, 3.63) is 59.8 Å². The summed E-state index contributed by atoms with van der Waals surface area (Å²) in [7, 11) is 4.37. The van der Waals surface area contributed by atoms with Gasteiger partial charge in [-0.25, -0.2) is 4.79 Å². The predicted octanol–water partition coefficient (Wildman–Crippen LogP) is 3.24. The molecule has 0 radical (unpaired) electrons. The van der Waals surface area contributed by atoms with Crippen molar-refractivity contribution in [3.8, 4) is 11.5 Å². The number of rotatable bonds is 9. The van der Waals surface area contributed by atoms with Gasteiger partial charge in [0.05, 0.1) is 39.1 Å². The fourth-order valence-corrected chi connectivity index (χ4v) is 4.32. The number of ether oxygens (including phenoxy) is 3. The van der Waals surface area contributed by atoms with Gasteiger partial charge in [-0.1, -0.05) is 42.5 Å². The molecule has 9 heteroatoms. The monoisotopic (exact) mass is 492 g/mol. The first-order chi connectivity index (χ1) is 17.5. The fourth-order valence-electron chi connectivity index (χ4n) is 4.32. The third-order valence-electron chi connectivity index (χ3n) is 6.26. The first-order valence-corrected chi connectivity index (χ1v) is 11.8. The largest absolute Gasteiger partial charge is 0.493 e. The van der Waals surface area contributed by atoms with E-state index in [2.05, 4.69) is 44.4 Å². The molecule has 36 heavy (non-hydrogen) atoms. The van der Waals surface area contributed by atoms with Crippen LogP contribution < -0.4 is 14.8 Å². The average Bonchev–Trinajstić information content (AvgIpc) is 3.25. The summed E-state index contributed by atoms with van der Waals surface area (Å²) in [5.74, 6) is 0.232. The molecule has 1 aromatic heterocycles. The van der Waals surface area contributed by atoms with Crippen molar-refractivity contribution in [2.24, 2.45) is 0 Å². The van der Waals surface area contributed by atoms with Crippen molar-refractivity contribution in [1.82, 2.24) is 14.8 Å². The van der Waals surface area contributed by atoms with Crippen molar-refractivity contribution in [1.29, 1.82) is 0 Å². The number of methoxy groups -OCH3 is 3. The zero-order valence-electron chi connectivity index (χ0n) is 20.9. The summed E-state index contributed by atoms with van der Waals surface area (Å²) in [5, 5.41) is 3.55. The number of amides is 1. The summed E-state index contributed by atoms with van der Waals surface area (Å²) in [6, 6.07) is 13.7. The minimum Gasteiger partial charge on any atom is -0.493 e. The summed E-state index contributed by atoms with van der Waals surface area (Å²) >= 11 is 0. The van der Waals surface area contributed by atoms with Crippen LogP contribution in [0.1, 0.15) is 16.1 Å². The van der Waals surface area contributed by atoms with E-state index in [1.807, 2.05) is 18.2 Å². The van der Waals surface area contributed by atoms with Crippen molar-refractivity contribution >= 4 is 34.5 Å². The molecule has 9 nitrogen and oxygen atoms in total. The van der Waals surface area contributed by atoms with Gasteiger partial charge in [0.15, 0.2) is 11.5 Å². The van der Waals surface area contributed by atoms with E-state index in [9.17, 15) is 9.59 Å². The van der Waals surface area contributed by atoms with Gasteiger partial charge in [-0.15, -0.1) is 0 Å². The lowest BCUT2D eigenvalue weighted by molar-refractivity contribution is -0.117. The number of esters is 1. The Kier molecular flexibility index (Phi) is 8.24. The molecule has 0 saturated carbocycles. The quantitative estimate of drug-likeness (QED) is 0.443. The van der Waals surface area contributed by atoms with Crippen LogP contribution in [0.2, 0.25) is 0 Å². The number of carbonyl (C=O) groups is 2. The Bertz CT molecular complexity index is 1230. The second-order valence-electron chi connectivity index (χ2n) is 8.56. The number of piperazine rings is 1. The van der Waals surface area contributed by atoms with Crippen LogP contribution in [0.25, 0.3) is 17.0 Å². The molecule has 190 valence electrons. The van der Waals surface area contributed by atoms with Gasteiger partial charge in [0.2, 0.25) is 5.91 Å². The number of aromatic nitrogens is 1. The summed E-state index contributed by atoms with van der Waals surface area (Å²) < 4.78 is 15.7. The smallest absolute Gasteiger partial charge is 0.356 e. The molecule has 0 spiro atoms. The van der Waals surface area contributed by atoms with Gasteiger partial charge in [0, 0.05) is 44.2 Å². The van der Waals surface area contributed by atoms with E-state index in [-0.39, 0.29) is 18.1 Å². The summed E-state index contributed by atoms with van der Waals surface area (Å²) in [6.45, 7) is 4.44. The van der Waals surface area contributed by atoms with Crippen molar-refractivity contribution in [2.45, 2.75) is 0 Å². The van der Waals surface area contributed by atoms with Gasteiger partial charge in [-0.2, -0.15) is 0 Å². The minimum absolute atomic E-state index is 0.172. The topological polar surface area (TPSA) is 96.1 Å². The van der Waals surface area contributed by atoms with Crippen LogP contribution in [-0.4, -0.2) is 87.3 Å². The molecular weight excluding hydrogens is 460 g/mol. The SMILES string of the molecule is COC(=O)c1[nH]c2cc(OC)c(OC)cc2c1NC(=O)CN1CCN(C/C=C/c2ccccc2)CC1. The lowest BCUT2D eigenvalue weighted by atomic mass is 10.2. The molecule has 2 N–H and O–H groups in total. The first-order valence-electron chi connectivity index (χ1n) is 11.8. The molecule has 1 saturated heterocycles. The number of nitrogens with zero attached hydrogens (tertiary/aromatic N) is 2. The maximum absolute atomic E-state index is 13.0. The standard InChI is InChI=1S/C27H32N4O5/c1-34-22-16-20-21(17-23(22)35-2)28-26(27(33)36-3)25(20)29-24(32)18-31-14-12-30(13-15-31)11-7-10-19-8-5-4-6-9-19/h4-10,16-17,28H,11-15,18H2,1-3H3,(H,29,32)/b10-7+. The molecule has 1 aliphatic rings. The molecule has 4 rings (SSSR count). The Hall–Kier alpha value is -3.82. The second kappa shape index (κ2) is 11.7. The van der Waals surface area contributed by atoms with E-state index in [0.717, 1.165) is 32.7 Å². The number of hydrogen-bond acceptors (Lipinski definition) is 7. The highest BCUT2D eigenvalue weighted by atomic mass is 16.5. The van der Waals surface area contributed by atoms with Crippen LogP contribution in [0.5, 0.6) is 11.5 Å². The van der Waals surface area contributed by atoms with E-state index in [0.29, 0.717) is 28.1 Å². The molecule has 1 fully saturated rings. The number of benzene rings is 2. The predicted molar refractivity (Wildman–Crippen MR) is 140 cm³/mol. The highest BCUT2D eigenvalue weighted by Gasteiger charge is 2.24. The van der Waals surface area contributed by atoms with E-state index >= 15 is 0 Å². The summed E-state index contributed by atoms with van der Waals surface area (Å²) in [4.78, 5) is 32.9. The molecule has 1 amide bonds. The highest BCUT2D eigenvalue weighted by molar-refractivity contribution is 6.11. The molecular formula is C27H32N4O5. The third kappa shape index (κ3) is 5.87. The van der Waals surface area contributed by atoms with Gasteiger partial charge in [0.1, 0.15) is 5.69 Å². The number of fused-ring (bicyclic) bond motifs is 1. The summed E-state index contributed by atoms with van der Waals surface area (Å²) in [5.41, 5.74) is 2.35. The zero-order chi connectivity index (χ0) is 25.5. The Morgan fingerprint density at radius 2 is 1.64 bits per heavy atom. The first kappa shape index (κ1) is 25.3. The number of anilines is 1. The molecule has 1 aliphatic heterocycles. The van der Waals surface area contributed by atoms with E-state index in [1.165, 1.54) is 26.9 Å². The van der Waals surface area contributed by atoms with Gasteiger partial charge in [0.25, 0.3) is 0 Å². The number of H-pyrrole nitrogens is 1. The van der Waals surface area contributed by atoms with E-state index in [1.54, 1.807) is 12.1 Å². The number of aromatic amines is 1. The van der Waals surface area contributed by atoms with Crippen molar-refractivity contribution < 1.29 is 23.8 Å². The maximum atomic E-state index is 13.0. The minimum atomic E-state index is -0.573. The van der Waals surface area contributed by atoms with Crippen molar-refractivity contribution in [3.63, 3.8) is 0 Å². The lowest BCUT2D eigenvalue weighted by Crippen LogP contribution is -2.48. The second-order valence-corrected chi connectivity index (χ2v) is 8.56. The number of hydrogen-bond donors (Lipinski definition) is 2. The highest BCUT2D eigenvalue weighted by Crippen LogP contribution is 2.37. The molecule has 2 heterocycles. The van der Waals surface area contributed by atoms with Gasteiger partial charge >= 0.3 is 5.97 Å². The molecule has 0 aliphatic carbocycles. The fraction of sp³-hybridized carbons (Fsp3) is 0.333. The van der Waals surface area contributed by atoms with Crippen LogP contribution in [0.4, 0.5) is 5.69 Å². The molecule has 2 aromatic carbocycles. The molecule has 0 atom stereocenters. The van der Waals surface area contributed by atoms with Crippen molar-refractivity contribution in [2.75, 3.05) is 65.9 Å². The van der Waals surface area contributed by atoms with Crippen LogP contribution in [-0.2, 0) is 9.53 Å². The van der Waals surface area contributed by atoms with E-state index < -0.39 is 5.97 Å².